The highest BCUT2D eigenvalue weighted by Gasteiger charge is 2.29. The van der Waals surface area contributed by atoms with E-state index in [2.05, 4.69) is 44.0 Å². The summed E-state index contributed by atoms with van der Waals surface area (Å²) in [5.74, 6) is 2.19. The monoisotopic (exact) mass is 264 g/mol. The molecule has 0 spiro atoms. The zero-order valence-corrected chi connectivity index (χ0v) is 12.8. The summed E-state index contributed by atoms with van der Waals surface area (Å²) in [5.41, 5.74) is 1.30. The van der Waals surface area contributed by atoms with Gasteiger partial charge in [-0.2, -0.15) is 0 Å². The average molecular weight is 264 g/mol. The molecule has 1 heterocycles. The number of rotatable bonds is 8. The molecule has 0 aliphatic heterocycles. The highest BCUT2D eigenvalue weighted by molar-refractivity contribution is 5.21. The van der Waals surface area contributed by atoms with Crippen molar-refractivity contribution in [1.29, 1.82) is 0 Å². The molecule has 0 atom stereocenters. The molecule has 3 heteroatoms. The van der Waals surface area contributed by atoms with E-state index in [4.69, 9.17) is 4.42 Å². The molecule has 1 aliphatic carbocycles. The van der Waals surface area contributed by atoms with Gasteiger partial charge < -0.3 is 9.73 Å². The molecule has 0 saturated heterocycles. The van der Waals surface area contributed by atoms with Crippen LogP contribution in [0.4, 0.5) is 0 Å². The largest absolute Gasteiger partial charge is 0.465 e. The van der Waals surface area contributed by atoms with Gasteiger partial charge >= 0.3 is 0 Å². The fourth-order valence-corrected chi connectivity index (χ4v) is 2.47. The molecule has 0 radical (unpaired) electrons. The van der Waals surface area contributed by atoms with Gasteiger partial charge in [0.15, 0.2) is 0 Å². The Morgan fingerprint density at radius 1 is 1.42 bits per heavy atom. The van der Waals surface area contributed by atoms with Crippen LogP contribution < -0.4 is 5.32 Å². The van der Waals surface area contributed by atoms with Crippen LogP contribution in [0.2, 0.25) is 0 Å². The van der Waals surface area contributed by atoms with E-state index in [0.717, 1.165) is 30.7 Å². The van der Waals surface area contributed by atoms with Crippen LogP contribution >= 0.6 is 0 Å². The Balaban J connectivity index is 1.94. The lowest BCUT2D eigenvalue weighted by atomic mass is 10.2. The van der Waals surface area contributed by atoms with E-state index in [1.54, 1.807) is 0 Å². The van der Waals surface area contributed by atoms with E-state index in [9.17, 15) is 0 Å². The van der Waals surface area contributed by atoms with Crippen LogP contribution in [0.1, 0.15) is 57.1 Å². The molecule has 19 heavy (non-hydrogen) atoms. The van der Waals surface area contributed by atoms with E-state index in [1.165, 1.54) is 31.4 Å². The molecule has 1 aliphatic rings. The molecule has 1 saturated carbocycles. The van der Waals surface area contributed by atoms with Crippen LogP contribution in [0.15, 0.2) is 10.5 Å². The van der Waals surface area contributed by atoms with Crippen molar-refractivity contribution >= 4 is 0 Å². The van der Waals surface area contributed by atoms with Gasteiger partial charge in [0, 0.05) is 24.2 Å². The van der Waals surface area contributed by atoms with E-state index >= 15 is 0 Å². The Morgan fingerprint density at radius 2 is 2.16 bits per heavy atom. The Labute approximate surface area is 117 Å². The topological polar surface area (TPSA) is 28.4 Å². The standard InChI is InChI=1S/C16H28N2O/c1-5-8-18(15-6-7-15)11-16-9-14(13(4)19-16)10-17-12(2)3/h9,12,15,17H,5-8,10-11H2,1-4H3. The Kier molecular flexibility index (Phi) is 5.06. The van der Waals surface area contributed by atoms with Crippen LogP contribution in [0.25, 0.3) is 0 Å². The second-order valence-corrected chi connectivity index (χ2v) is 6.03. The molecular formula is C16H28N2O. The zero-order chi connectivity index (χ0) is 13.8. The Hall–Kier alpha value is -0.800. The van der Waals surface area contributed by atoms with Gasteiger partial charge in [0.05, 0.1) is 6.54 Å². The van der Waals surface area contributed by atoms with Gasteiger partial charge in [0.25, 0.3) is 0 Å². The second kappa shape index (κ2) is 6.58. The third kappa shape index (κ3) is 4.36. The maximum absolute atomic E-state index is 5.92. The third-order valence-electron chi connectivity index (χ3n) is 3.71. The Bertz CT molecular complexity index is 393. The predicted molar refractivity (Wildman–Crippen MR) is 79.1 cm³/mol. The summed E-state index contributed by atoms with van der Waals surface area (Å²) in [7, 11) is 0. The summed E-state index contributed by atoms with van der Waals surface area (Å²) in [6.07, 6.45) is 3.95. The first-order valence-corrected chi connectivity index (χ1v) is 7.65. The number of hydrogen-bond acceptors (Lipinski definition) is 3. The number of hydrogen-bond donors (Lipinski definition) is 1. The second-order valence-electron chi connectivity index (χ2n) is 6.03. The lowest BCUT2D eigenvalue weighted by molar-refractivity contribution is 0.233. The first-order valence-electron chi connectivity index (χ1n) is 7.65. The fraction of sp³-hybridized carbons (Fsp3) is 0.750. The van der Waals surface area contributed by atoms with Crippen molar-refractivity contribution in [1.82, 2.24) is 10.2 Å². The molecule has 1 N–H and O–H groups in total. The molecule has 0 amide bonds. The highest BCUT2D eigenvalue weighted by atomic mass is 16.3. The summed E-state index contributed by atoms with van der Waals surface area (Å²) in [5, 5.41) is 3.46. The normalized spacial score (nSPS) is 15.7. The summed E-state index contributed by atoms with van der Waals surface area (Å²) in [6, 6.07) is 3.55. The van der Waals surface area contributed by atoms with Crippen molar-refractivity contribution in [3.63, 3.8) is 0 Å². The quantitative estimate of drug-likeness (QED) is 0.779. The SMILES string of the molecule is CCCN(Cc1cc(CNC(C)C)c(C)o1)C1CC1. The minimum absolute atomic E-state index is 0.515. The molecule has 3 nitrogen and oxygen atoms in total. The summed E-state index contributed by atoms with van der Waals surface area (Å²) in [4.78, 5) is 2.57. The average Bonchev–Trinajstić information content (AvgIpc) is 3.12. The lowest BCUT2D eigenvalue weighted by Gasteiger charge is -2.19. The van der Waals surface area contributed by atoms with Crippen molar-refractivity contribution in [3.8, 4) is 0 Å². The van der Waals surface area contributed by atoms with Gasteiger partial charge in [0.2, 0.25) is 0 Å². The number of nitrogens with one attached hydrogen (secondary N) is 1. The highest BCUT2D eigenvalue weighted by Crippen LogP contribution is 2.29. The van der Waals surface area contributed by atoms with Crippen molar-refractivity contribution in [2.45, 2.75) is 72.1 Å². The van der Waals surface area contributed by atoms with E-state index < -0.39 is 0 Å². The van der Waals surface area contributed by atoms with Crippen LogP contribution in [-0.2, 0) is 13.1 Å². The predicted octanol–water partition coefficient (Wildman–Crippen LogP) is 3.46. The van der Waals surface area contributed by atoms with Gasteiger partial charge in [-0.3, -0.25) is 4.90 Å². The van der Waals surface area contributed by atoms with Gasteiger partial charge in [-0.15, -0.1) is 0 Å². The molecule has 0 unspecified atom stereocenters. The van der Waals surface area contributed by atoms with Crippen LogP contribution in [0, 0.1) is 6.92 Å². The maximum Gasteiger partial charge on any atom is 0.118 e. The molecular weight excluding hydrogens is 236 g/mol. The number of aryl methyl sites for hydroxylation is 1. The zero-order valence-electron chi connectivity index (χ0n) is 12.8. The van der Waals surface area contributed by atoms with E-state index in [0.29, 0.717) is 6.04 Å². The molecule has 1 fully saturated rings. The summed E-state index contributed by atoms with van der Waals surface area (Å²) in [6.45, 7) is 11.7. The van der Waals surface area contributed by atoms with Crippen molar-refractivity contribution < 1.29 is 4.42 Å². The van der Waals surface area contributed by atoms with Crippen LogP contribution in [-0.4, -0.2) is 23.5 Å². The lowest BCUT2D eigenvalue weighted by Crippen LogP contribution is -2.26. The molecule has 2 rings (SSSR count). The van der Waals surface area contributed by atoms with E-state index in [1.807, 2.05) is 0 Å². The summed E-state index contributed by atoms with van der Waals surface area (Å²) >= 11 is 0. The van der Waals surface area contributed by atoms with Crippen molar-refractivity contribution in [3.05, 3.63) is 23.2 Å². The minimum atomic E-state index is 0.515. The Morgan fingerprint density at radius 3 is 2.74 bits per heavy atom. The maximum atomic E-state index is 5.92. The van der Waals surface area contributed by atoms with Gasteiger partial charge in [0.1, 0.15) is 11.5 Å². The first kappa shape index (κ1) is 14.6. The smallest absolute Gasteiger partial charge is 0.118 e. The fourth-order valence-electron chi connectivity index (χ4n) is 2.47. The van der Waals surface area contributed by atoms with Crippen LogP contribution in [0.5, 0.6) is 0 Å². The van der Waals surface area contributed by atoms with E-state index in [-0.39, 0.29) is 0 Å². The molecule has 108 valence electrons. The third-order valence-corrected chi connectivity index (χ3v) is 3.71. The molecule has 0 aromatic carbocycles. The number of furan rings is 1. The van der Waals surface area contributed by atoms with Crippen molar-refractivity contribution in [2.24, 2.45) is 0 Å². The van der Waals surface area contributed by atoms with Crippen molar-refractivity contribution in [2.75, 3.05) is 6.54 Å². The molecule has 1 aromatic heterocycles. The number of nitrogens with zero attached hydrogens (tertiary/aromatic N) is 1. The van der Waals surface area contributed by atoms with Gasteiger partial charge in [-0.05, 0) is 38.8 Å². The minimum Gasteiger partial charge on any atom is -0.465 e. The van der Waals surface area contributed by atoms with Gasteiger partial charge in [-0.1, -0.05) is 20.8 Å². The van der Waals surface area contributed by atoms with Crippen LogP contribution in [0.3, 0.4) is 0 Å². The van der Waals surface area contributed by atoms with Gasteiger partial charge in [-0.25, -0.2) is 0 Å². The molecule has 0 bridgehead atoms. The molecule has 1 aromatic rings. The summed E-state index contributed by atoms with van der Waals surface area (Å²) < 4.78 is 5.92. The first-order chi connectivity index (χ1) is 9.10.